The van der Waals surface area contributed by atoms with E-state index in [4.69, 9.17) is 21.4 Å². The number of methoxy groups -OCH3 is 1. The predicted octanol–water partition coefficient (Wildman–Crippen LogP) is 1.16. The van der Waals surface area contributed by atoms with Crippen LogP contribution in [0.5, 0.6) is 0 Å². The van der Waals surface area contributed by atoms with Gasteiger partial charge in [-0.3, -0.25) is 0 Å². The Kier molecular flexibility index (Phi) is 3.54. The van der Waals surface area contributed by atoms with E-state index in [1.54, 1.807) is 6.07 Å². The monoisotopic (exact) mass is 268 g/mol. The first kappa shape index (κ1) is 12.5. The Balaban J connectivity index is 2.57. The lowest BCUT2D eigenvalue weighted by molar-refractivity contribution is 0.0692. The van der Waals surface area contributed by atoms with Crippen molar-refractivity contribution in [3.63, 3.8) is 0 Å². The van der Waals surface area contributed by atoms with Crippen molar-refractivity contribution in [3.8, 4) is 5.82 Å². The molecular formula is C10H9ClN4O3. The summed E-state index contributed by atoms with van der Waals surface area (Å²) in [6, 6.07) is 1.57. The Hall–Kier alpha value is -1.99. The highest BCUT2D eigenvalue weighted by molar-refractivity contribution is 6.32. The van der Waals surface area contributed by atoms with Crippen LogP contribution in [0.2, 0.25) is 5.15 Å². The van der Waals surface area contributed by atoms with Gasteiger partial charge >= 0.3 is 5.97 Å². The molecule has 0 aliphatic carbocycles. The highest BCUT2D eigenvalue weighted by atomic mass is 35.5. The van der Waals surface area contributed by atoms with E-state index in [2.05, 4.69) is 15.1 Å². The lowest BCUT2D eigenvalue weighted by Crippen LogP contribution is -2.01. The summed E-state index contributed by atoms with van der Waals surface area (Å²) >= 11 is 6.00. The minimum absolute atomic E-state index is 0.0201. The minimum Gasteiger partial charge on any atom is -0.478 e. The number of carboxylic acid groups (broad SMARTS) is 1. The number of ether oxygens (including phenoxy) is 1. The third-order valence-corrected chi connectivity index (χ3v) is 2.53. The molecule has 0 unspecified atom stereocenters. The molecule has 2 aromatic rings. The van der Waals surface area contributed by atoms with Gasteiger partial charge in [0.1, 0.15) is 22.7 Å². The van der Waals surface area contributed by atoms with Crippen molar-refractivity contribution in [2.75, 3.05) is 7.11 Å². The van der Waals surface area contributed by atoms with Crippen molar-refractivity contribution < 1.29 is 14.6 Å². The van der Waals surface area contributed by atoms with Crippen molar-refractivity contribution in [2.45, 2.75) is 6.61 Å². The van der Waals surface area contributed by atoms with Crippen LogP contribution >= 0.6 is 11.6 Å². The molecule has 2 aromatic heterocycles. The molecular weight excluding hydrogens is 260 g/mol. The Labute approximate surface area is 107 Å². The molecule has 18 heavy (non-hydrogen) atoms. The van der Waals surface area contributed by atoms with Gasteiger partial charge in [-0.15, -0.1) is 0 Å². The molecule has 0 saturated heterocycles. The lowest BCUT2D eigenvalue weighted by Gasteiger charge is -1.99. The van der Waals surface area contributed by atoms with Gasteiger partial charge in [0, 0.05) is 19.4 Å². The molecule has 0 fully saturated rings. The average Bonchev–Trinajstić information content (AvgIpc) is 2.68. The van der Waals surface area contributed by atoms with E-state index in [9.17, 15) is 4.79 Å². The van der Waals surface area contributed by atoms with Gasteiger partial charge in [0.15, 0.2) is 5.82 Å². The average molecular weight is 269 g/mol. The van der Waals surface area contributed by atoms with Crippen molar-refractivity contribution >= 4 is 17.6 Å². The van der Waals surface area contributed by atoms with Crippen LogP contribution < -0.4 is 0 Å². The largest absolute Gasteiger partial charge is 0.478 e. The third kappa shape index (κ3) is 2.18. The summed E-state index contributed by atoms with van der Waals surface area (Å²) in [6.07, 6.45) is 2.83. The number of aromatic nitrogens is 4. The fourth-order valence-electron chi connectivity index (χ4n) is 1.45. The smallest absolute Gasteiger partial charge is 0.340 e. The van der Waals surface area contributed by atoms with Gasteiger partial charge in [-0.1, -0.05) is 11.6 Å². The first-order chi connectivity index (χ1) is 8.65. The highest BCUT2D eigenvalue weighted by Crippen LogP contribution is 2.23. The number of carbonyl (C=O) groups is 1. The fraction of sp³-hybridized carbons (Fsp3) is 0.200. The Bertz CT molecular complexity index is 570. The van der Waals surface area contributed by atoms with E-state index in [0.717, 1.165) is 0 Å². The topological polar surface area (TPSA) is 90.1 Å². The van der Waals surface area contributed by atoms with Crippen LogP contribution in [0.3, 0.4) is 0 Å². The van der Waals surface area contributed by atoms with Gasteiger partial charge in [0.2, 0.25) is 0 Å². The molecule has 8 heteroatoms. The highest BCUT2D eigenvalue weighted by Gasteiger charge is 2.23. The van der Waals surface area contributed by atoms with Crippen molar-refractivity contribution in [1.82, 2.24) is 19.7 Å². The molecule has 0 spiro atoms. The fourth-order valence-corrected chi connectivity index (χ4v) is 1.76. The quantitative estimate of drug-likeness (QED) is 0.895. The van der Waals surface area contributed by atoms with Gasteiger partial charge in [-0.05, 0) is 0 Å². The number of hydrogen-bond acceptors (Lipinski definition) is 5. The minimum atomic E-state index is -1.16. The molecule has 0 saturated carbocycles. The number of halogens is 1. The molecule has 0 aromatic carbocycles. The van der Waals surface area contributed by atoms with Gasteiger partial charge in [-0.2, -0.15) is 5.10 Å². The second kappa shape index (κ2) is 5.11. The van der Waals surface area contributed by atoms with E-state index in [-0.39, 0.29) is 23.0 Å². The third-order valence-electron chi connectivity index (χ3n) is 2.18. The molecule has 2 heterocycles. The van der Waals surface area contributed by atoms with E-state index < -0.39 is 5.97 Å². The first-order valence-corrected chi connectivity index (χ1v) is 5.29. The molecule has 0 bridgehead atoms. The van der Waals surface area contributed by atoms with E-state index >= 15 is 0 Å². The maximum absolute atomic E-state index is 11.1. The predicted molar refractivity (Wildman–Crippen MR) is 61.8 cm³/mol. The summed E-state index contributed by atoms with van der Waals surface area (Å²) in [7, 11) is 1.45. The Morgan fingerprint density at radius 3 is 2.94 bits per heavy atom. The summed E-state index contributed by atoms with van der Waals surface area (Å²) in [5.41, 5.74) is 0.158. The van der Waals surface area contributed by atoms with Crippen molar-refractivity contribution in [1.29, 1.82) is 0 Å². The van der Waals surface area contributed by atoms with Crippen LogP contribution in [0.15, 0.2) is 18.6 Å². The maximum atomic E-state index is 11.1. The van der Waals surface area contributed by atoms with Crippen molar-refractivity contribution in [2.24, 2.45) is 0 Å². The molecule has 2 rings (SSSR count). The molecule has 1 N–H and O–H groups in total. The Morgan fingerprint density at radius 2 is 2.39 bits per heavy atom. The summed E-state index contributed by atoms with van der Waals surface area (Å²) < 4.78 is 6.13. The molecule has 0 aliphatic rings. The SMILES string of the molecule is COCc1nn(-c2ccncn2)c(Cl)c1C(=O)O. The second-order valence-corrected chi connectivity index (χ2v) is 3.69. The normalized spacial score (nSPS) is 10.6. The van der Waals surface area contributed by atoms with Crippen LogP contribution in [0.4, 0.5) is 0 Å². The summed E-state index contributed by atoms with van der Waals surface area (Å²) in [5, 5.41) is 13.2. The van der Waals surface area contributed by atoms with Gasteiger partial charge in [-0.25, -0.2) is 19.4 Å². The molecule has 0 atom stereocenters. The molecule has 94 valence electrons. The van der Waals surface area contributed by atoms with Crippen LogP contribution in [0.25, 0.3) is 5.82 Å². The summed E-state index contributed by atoms with van der Waals surface area (Å²) in [5.74, 6) is -0.771. The Morgan fingerprint density at radius 1 is 1.61 bits per heavy atom. The van der Waals surface area contributed by atoms with Crippen LogP contribution in [0.1, 0.15) is 16.1 Å². The molecule has 0 radical (unpaired) electrons. The number of carboxylic acids is 1. The lowest BCUT2D eigenvalue weighted by atomic mass is 10.2. The second-order valence-electron chi connectivity index (χ2n) is 3.33. The molecule has 0 amide bonds. The summed E-state index contributed by atoms with van der Waals surface area (Å²) in [4.78, 5) is 18.9. The van der Waals surface area contributed by atoms with E-state index in [1.165, 1.54) is 24.3 Å². The molecule has 0 aliphatic heterocycles. The van der Waals surface area contributed by atoms with Gasteiger partial charge < -0.3 is 9.84 Å². The van der Waals surface area contributed by atoms with Crippen LogP contribution in [-0.2, 0) is 11.3 Å². The van der Waals surface area contributed by atoms with Crippen LogP contribution in [-0.4, -0.2) is 37.9 Å². The number of aromatic carboxylic acids is 1. The van der Waals surface area contributed by atoms with Gasteiger partial charge in [0.25, 0.3) is 0 Å². The van der Waals surface area contributed by atoms with Crippen molar-refractivity contribution in [3.05, 3.63) is 35.0 Å². The van der Waals surface area contributed by atoms with E-state index in [1.807, 2.05) is 0 Å². The van der Waals surface area contributed by atoms with Crippen LogP contribution in [0, 0.1) is 0 Å². The standard InChI is InChI=1S/C10H9ClN4O3/c1-18-4-6-8(10(16)17)9(11)15(14-6)7-2-3-12-5-13-7/h2-3,5H,4H2,1H3,(H,16,17). The number of rotatable bonds is 4. The molecule has 7 nitrogen and oxygen atoms in total. The summed E-state index contributed by atoms with van der Waals surface area (Å²) in [6.45, 7) is 0.0550. The number of hydrogen-bond donors (Lipinski definition) is 1. The van der Waals surface area contributed by atoms with E-state index in [0.29, 0.717) is 5.82 Å². The first-order valence-electron chi connectivity index (χ1n) is 4.91. The zero-order valence-corrected chi connectivity index (χ0v) is 10.1. The zero-order chi connectivity index (χ0) is 13.1. The van der Waals surface area contributed by atoms with Gasteiger partial charge in [0.05, 0.1) is 6.61 Å². The maximum Gasteiger partial charge on any atom is 0.340 e. The zero-order valence-electron chi connectivity index (χ0n) is 9.37. The number of nitrogens with zero attached hydrogens (tertiary/aromatic N) is 4.